The SMILES string of the molecule is Cc1nn(Cc2ccc(F)cc2)c(Cl)c1C(=O)Nc1cc(C(=O)NC(C)C)ccc1Cl. The normalized spacial score (nSPS) is 10.9. The smallest absolute Gasteiger partial charge is 0.260 e. The van der Waals surface area contributed by atoms with E-state index in [1.807, 2.05) is 13.8 Å². The Morgan fingerprint density at radius 1 is 1.10 bits per heavy atom. The molecule has 0 radical (unpaired) electrons. The van der Waals surface area contributed by atoms with Crippen LogP contribution in [0.3, 0.4) is 0 Å². The number of nitrogens with one attached hydrogen (secondary N) is 2. The van der Waals surface area contributed by atoms with Crippen molar-refractivity contribution in [2.45, 2.75) is 33.4 Å². The van der Waals surface area contributed by atoms with Crippen molar-refractivity contribution in [2.75, 3.05) is 5.32 Å². The fraction of sp³-hybridized carbons (Fsp3) is 0.227. The molecule has 31 heavy (non-hydrogen) atoms. The number of hydrogen-bond donors (Lipinski definition) is 2. The van der Waals surface area contributed by atoms with Crippen molar-refractivity contribution in [3.05, 3.63) is 80.8 Å². The van der Waals surface area contributed by atoms with Crippen molar-refractivity contribution in [1.82, 2.24) is 15.1 Å². The van der Waals surface area contributed by atoms with Gasteiger partial charge in [0, 0.05) is 11.6 Å². The summed E-state index contributed by atoms with van der Waals surface area (Å²) in [5.74, 6) is -1.12. The molecule has 9 heteroatoms. The van der Waals surface area contributed by atoms with Crippen molar-refractivity contribution >= 4 is 40.7 Å². The number of nitrogens with zero attached hydrogens (tertiary/aromatic N) is 2. The monoisotopic (exact) mass is 462 g/mol. The minimum Gasteiger partial charge on any atom is -0.350 e. The lowest BCUT2D eigenvalue weighted by molar-refractivity contribution is 0.0941. The topological polar surface area (TPSA) is 76.0 Å². The molecular formula is C22H21Cl2FN4O2. The molecule has 0 fully saturated rings. The highest BCUT2D eigenvalue weighted by Crippen LogP contribution is 2.27. The first-order chi connectivity index (χ1) is 14.7. The van der Waals surface area contributed by atoms with Crippen LogP contribution in [-0.2, 0) is 6.54 Å². The van der Waals surface area contributed by atoms with Crippen LogP contribution < -0.4 is 10.6 Å². The van der Waals surface area contributed by atoms with E-state index in [9.17, 15) is 14.0 Å². The Hall–Kier alpha value is -2.90. The third kappa shape index (κ3) is 5.42. The molecule has 0 unspecified atom stereocenters. The third-order valence-corrected chi connectivity index (χ3v) is 5.15. The van der Waals surface area contributed by atoms with E-state index in [-0.39, 0.29) is 45.7 Å². The van der Waals surface area contributed by atoms with E-state index >= 15 is 0 Å². The maximum atomic E-state index is 13.1. The number of anilines is 1. The molecule has 1 aromatic heterocycles. The van der Waals surface area contributed by atoms with Gasteiger partial charge in [0.2, 0.25) is 0 Å². The molecule has 6 nitrogen and oxygen atoms in total. The summed E-state index contributed by atoms with van der Waals surface area (Å²) in [4.78, 5) is 25.2. The van der Waals surface area contributed by atoms with E-state index in [0.717, 1.165) is 5.56 Å². The van der Waals surface area contributed by atoms with Crippen LogP contribution in [0.25, 0.3) is 0 Å². The Bertz CT molecular complexity index is 1130. The molecule has 3 rings (SSSR count). The number of hydrogen-bond acceptors (Lipinski definition) is 3. The number of rotatable bonds is 6. The minimum absolute atomic E-state index is 0.0328. The first kappa shape index (κ1) is 22.8. The molecule has 0 bridgehead atoms. The van der Waals surface area contributed by atoms with Crippen LogP contribution in [-0.4, -0.2) is 27.6 Å². The molecule has 0 spiro atoms. The van der Waals surface area contributed by atoms with Crippen molar-refractivity contribution in [2.24, 2.45) is 0 Å². The molecule has 3 aromatic rings. The van der Waals surface area contributed by atoms with Crippen molar-refractivity contribution < 1.29 is 14.0 Å². The standard InChI is InChI=1S/C22H21Cl2FN4O2/c1-12(2)26-21(30)15-6-9-17(23)18(10-15)27-22(31)19-13(3)28-29(20(19)24)11-14-4-7-16(25)8-5-14/h4-10,12H,11H2,1-3H3,(H,26,30)(H,27,31). The molecule has 1 heterocycles. The highest BCUT2D eigenvalue weighted by atomic mass is 35.5. The van der Waals surface area contributed by atoms with Crippen LogP contribution in [0.2, 0.25) is 10.2 Å². The second-order valence-electron chi connectivity index (χ2n) is 7.31. The molecule has 2 aromatic carbocycles. The van der Waals surface area contributed by atoms with E-state index in [0.29, 0.717) is 11.3 Å². The van der Waals surface area contributed by atoms with Crippen LogP contribution in [0.4, 0.5) is 10.1 Å². The molecule has 2 N–H and O–H groups in total. The number of amides is 2. The van der Waals surface area contributed by atoms with Gasteiger partial charge < -0.3 is 10.6 Å². The van der Waals surface area contributed by atoms with Gasteiger partial charge in [0.25, 0.3) is 11.8 Å². The molecule has 162 valence electrons. The minimum atomic E-state index is -0.504. The number of aromatic nitrogens is 2. The summed E-state index contributed by atoms with van der Waals surface area (Å²) in [6.07, 6.45) is 0. The molecular weight excluding hydrogens is 442 g/mol. The van der Waals surface area contributed by atoms with Crippen LogP contribution in [0, 0.1) is 12.7 Å². The summed E-state index contributed by atoms with van der Waals surface area (Å²) in [6.45, 7) is 5.64. The van der Waals surface area contributed by atoms with Gasteiger partial charge in [-0.15, -0.1) is 0 Å². The third-order valence-electron chi connectivity index (χ3n) is 4.43. The first-order valence-electron chi connectivity index (χ1n) is 9.54. The Kier molecular flexibility index (Phi) is 6.97. The maximum absolute atomic E-state index is 13.1. The summed E-state index contributed by atoms with van der Waals surface area (Å²) >= 11 is 12.6. The second kappa shape index (κ2) is 9.49. The average Bonchev–Trinajstić information content (AvgIpc) is 2.98. The van der Waals surface area contributed by atoms with E-state index in [1.165, 1.54) is 22.9 Å². The highest BCUT2D eigenvalue weighted by molar-refractivity contribution is 6.35. The summed E-state index contributed by atoms with van der Waals surface area (Å²) < 4.78 is 14.6. The van der Waals surface area contributed by atoms with Crippen molar-refractivity contribution in [1.29, 1.82) is 0 Å². The number of aryl methyl sites for hydroxylation is 1. The molecule has 0 aliphatic heterocycles. The lowest BCUT2D eigenvalue weighted by Crippen LogP contribution is -2.30. The Labute approximate surface area is 189 Å². The van der Waals surface area contributed by atoms with Crippen LogP contribution >= 0.6 is 23.2 Å². The number of halogens is 3. The highest BCUT2D eigenvalue weighted by Gasteiger charge is 2.22. The molecule has 0 saturated heterocycles. The summed E-state index contributed by atoms with van der Waals surface area (Å²) in [5.41, 5.74) is 2.05. The van der Waals surface area contributed by atoms with Gasteiger partial charge in [-0.2, -0.15) is 5.10 Å². The summed E-state index contributed by atoms with van der Waals surface area (Å²) in [7, 11) is 0. The molecule has 0 atom stereocenters. The second-order valence-corrected chi connectivity index (χ2v) is 8.08. The molecule has 0 aliphatic rings. The largest absolute Gasteiger partial charge is 0.350 e. The van der Waals surface area contributed by atoms with E-state index in [1.54, 1.807) is 31.2 Å². The fourth-order valence-corrected chi connectivity index (χ4v) is 3.46. The Balaban J connectivity index is 1.83. The number of carbonyl (C=O) groups is 2. The Morgan fingerprint density at radius 3 is 2.42 bits per heavy atom. The van der Waals surface area contributed by atoms with Gasteiger partial charge in [-0.1, -0.05) is 35.3 Å². The van der Waals surface area contributed by atoms with E-state index in [2.05, 4.69) is 15.7 Å². The van der Waals surface area contributed by atoms with Gasteiger partial charge in [0.1, 0.15) is 11.0 Å². The number of benzene rings is 2. The number of carbonyl (C=O) groups excluding carboxylic acids is 2. The molecule has 0 aliphatic carbocycles. The molecule has 0 saturated carbocycles. The zero-order chi connectivity index (χ0) is 22.7. The predicted molar refractivity (Wildman–Crippen MR) is 119 cm³/mol. The van der Waals surface area contributed by atoms with Gasteiger partial charge in [0.15, 0.2) is 0 Å². The lowest BCUT2D eigenvalue weighted by atomic mass is 10.1. The zero-order valence-electron chi connectivity index (χ0n) is 17.2. The maximum Gasteiger partial charge on any atom is 0.260 e. The molecule has 2 amide bonds. The van der Waals surface area contributed by atoms with Gasteiger partial charge in [-0.3, -0.25) is 9.59 Å². The summed E-state index contributed by atoms with van der Waals surface area (Å²) in [6, 6.07) is 10.5. The van der Waals surface area contributed by atoms with Crippen molar-refractivity contribution in [3.8, 4) is 0 Å². The summed E-state index contributed by atoms with van der Waals surface area (Å²) in [5, 5.41) is 10.2. The van der Waals surface area contributed by atoms with Crippen LogP contribution in [0.1, 0.15) is 45.8 Å². The van der Waals surface area contributed by atoms with Gasteiger partial charge in [-0.25, -0.2) is 9.07 Å². The lowest BCUT2D eigenvalue weighted by Gasteiger charge is -2.12. The zero-order valence-corrected chi connectivity index (χ0v) is 18.7. The van der Waals surface area contributed by atoms with Gasteiger partial charge in [0.05, 0.1) is 28.5 Å². The van der Waals surface area contributed by atoms with E-state index < -0.39 is 5.91 Å². The van der Waals surface area contributed by atoms with E-state index in [4.69, 9.17) is 23.2 Å². The van der Waals surface area contributed by atoms with Crippen LogP contribution in [0.5, 0.6) is 0 Å². The fourth-order valence-electron chi connectivity index (χ4n) is 2.97. The average molecular weight is 463 g/mol. The first-order valence-corrected chi connectivity index (χ1v) is 10.3. The quantitative estimate of drug-likeness (QED) is 0.536. The Morgan fingerprint density at radius 2 is 1.77 bits per heavy atom. The predicted octanol–water partition coefficient (Wildman–Crippen LogP) is 5.08. The van der Waals surface area contributed by atoms with Gasteiger partial charge in [-0.05, 0) is 56.7 Å². The van der Waals surface area contributed by atoms with Crippen LogP contribution in [0.15, 0.2) is 42.5 Å². The van der Waals surface area contributed by atoms with Gasteiger partial charge >= 0.3 is 0 Å². The van der Waals surface area contributed by atoms with Crippen molar-refractivity contribution in [3.63, 3.8) is 0 Å².